The molecule has 0 aliphatic carbocycles. The summed E-state index contributed by atoms with van der Waals surface area (Å²) >= 11 is 3.50. The van der Waals surface area contributed by atoms with Gasteiger partial charge in [-0.25, -0.2) is 4.98 Å². The van der Waals surface area contributed by atoms with E-state index in [4.69, 9.17) is 10.5 Å². The van der Waals surface area contributed by atoms with Gasteiger partial charge < -0.3 is 15.8 Å². The number of ether oxygens (including phenoxy) is 1. The predicted molar refractivity (Wildman–Crippen MR) is 84.4 cm³/mol. The van der Waals surface area contributed by atoms with Gasteiger partial charge in [-0.1, -0.05) is 28.9 Å². The number of nitrogens with zero attached hydrogens (tertiary/aromatic N) is 2. The molecule has 0 unspecified atom stereocenters. The highest BCUT2D eigenvalue weighted by Crippen LogP contribution is 2.30. The van der Waals surface area contributed by atoms with Crippen LogP contribution in [0.2, 0.25) is 0 Å². The third-order valence-electron chi connectivity index (χ3n) is 2.81. The van der Waals surface area contributed by atoms with Crippen molar-refractivity contribution in [3.05, 3.63) is 34.6 Å². The van der Waals surface area contributed by atoms with Gasteiger partial charge in [-0.3, -0.25) is 0 Å². The lowest BCUT2D eigenvalue weighted by atomic mass is 10.2. The Morgan fingerprint density at radius 1 is 1.35 bits per heavy atom. The Labute approximate surface area is 126 Å². The number of nitrogens with two attached hydrogens (primary N) is 1. The van der Waals surface area contributed by atoms with Crippen LogP contribution in [0.5, 0.6) is 5.88 Å². The van der Waals surface area contributed by atoms with Crippen LogP contribution in [0.3, 0.4) is 0 Å². The molecule has 0 amide bonds. The first-order chi connectivity index (χ1) is 9.63. The lowest BCUT2D eigenvalue weighted by molar-refractivity contribution is 0.307. The van der Waals surface area contributed by atoms with Crippen LogP contribution >= 0.6 is 15.9 Å². The maximum atomic E-state index is 6.04. The Bertz CT molecular complexity index is 604. The van der Waals surface area contributed by atoms with Crippen molar-refractivity contribution in [2.45, 2.75) is 20.3 Å². The zero-order valence-electron chi connectivity index (χ0n) is 11.5. The van der Waals surface area contributed by atoms with E-state index >= 15 is 0 Å². The summed E-state index contributed by atoms with van der Waals surface area (Å²) < 4.78 is 6.52. The fourth-order valence-corrected chi connectivity index (χ4v) is 2.03. The molecule has 0 fully saturated rings. The summed E-state index contributed by atoms with van der Waals surface area (Å²) in [6.45, 7) is 4.62. The van der Waals surface area contributed by atoms with E-state index in [1.165, 1.54) is 6.33 Å². The van der Waals surface area contributed by atoms with Gasteiger partial charge in [0.05, 0.1) is 6.61 Å². The van der Waals surface area contributed by atoms with Gasteiger partial charge in [-0.15, -0.1) is 0 Å². The molecule has 3 N–H and O–H groups in total. The number of hydrogen-bond donors (Lipinski definition) is 2. The van der Waals surface area contributed by atoms with E-state index in [2.05, 4.69) is 31.2 Å². The molecular formula is C14H17BrN4O. The molecule has 1 aromatic carbocycles. The van der Waals surface area contributed by atoms with Crippen LogP contribution in [-0.2, 0) is 0 Å². The summed E-state index contributed by atoms with van der Waals surface area (Å²) in [5, 5.41) is 3.21. The van der Waals surface area contributed by atoms with Gasteiger partial charge in [-0.2, -0.15) is 4.98 Å². The molecule has 2 rings (SSSR count). The third kappa shape index (κ3) is 3.19. The van der Waals surface area contributed by atoms with Crippen molar-refractivity contribution in [3.8, 4) is 5.88 Å². The summed E-state index contributed by atoms with van der Waals surface area (Å²) in [6.07, 6.45) is 2.34. The van der Waals surface area contributed by atoms with Crippen molar-refractivity contribution in [1.29, 1.82) is 0 Å². The third-order valence-corrected chi connectivity index (χ3v) is 3.67. The smallest absolute Gasteiger partial charge is 0.242 e. The molecule has 1 heterocycles. The average Bonchev–Trinajstić information content (AvgIpc) is 2.44. The van der Waals surface area contributed by atoms with Crippen LogP contribution in [-0.4, -0.2) is 16.6 Å². The summed E-state index contributed by atoms with van der Waals surface area (Å²) in [4.78, 5) is 8.22. The number of anilines is 3. The number of benzene rings is 1. The maximum absolute atomic E-state index is 6.04. The molecule has 0 saturated carbocycles. The Morgan fingerprint density at radius 2 is 2.15 bits per heavy atom. The SMILES string of the molecule is CCCOc1ncnc(Nc2cccc(Br)c2C)c1N. The predicted octanol–water partition coefficient (Wildman–Crippen LogP) is 3.66. The standard InChI is InChI=1S/C14H17BrN4O/c1-3-7-20-14-12(16)13(17-8-18-14)19-11-6-4-5-10(15)9(11)2/h4-6,8H,3,7,16H2,1-2H3,(H,17,18,19). The molecule has 20 heavy (non-hydrogen) atoms. The largest absolute Gasteiger partial charge is 0.476 e. The Morgan fingerprint density at radius 3 is 2.90 bits per heavy atom. The molecule has 0 radical (unpaired) electrons. The van der Waals surface area contributed by atoms with Crippen LogP contribution in [0.4, 0.5) is 17.2 Å². The Balaban J connectivity index is 2.27. The van der Waals surface area contributed by atoms with Gasteiger partial charge in [0.25, 0.3) is 0 Å². The minimum absolute atomic E-state index is 0.414. The fraction of sp³-hybridized carbons (Fsp3) is 0.286. The topological polar surface area (TPSA) is 73.1 Å². The highest BCUT2D eigenvalue weighted by molar-refractivity contribution is 9.10. The van der Waals surface area contributed by atoms with Crippen molar-refractivity contribution in [3.63, 3.8) is 0 Å². The first-order valence-corrected chi connectivity index (χ1v) is 7.18. The van der Waals surface area contributed by atoms with E-state index in [9.17, 15) is 0 Å². The molecule has 0 spiro atoms. The number of aromatic nitrogens is 2. The quantitative estimate of drug-likeness (QED) is 0.871. The first-order valence-electron chi connectivity index (χ1n) is 6.39. The molecule has 0 aliphatic rings. The number of nitrogen functional groups attached to an aromatic ring is 1. The minimum Gasteiger partial charge on any atom is -0.476 e. The van der Waals surface area contributed by atoms with E-state index < -0.39 is 0 Å². The van der Waals surface area contributed by atoms with Gasteiger partial charge in [-0.05, 0) is 31.0 Å². The van der Waals surface area contributed by atoms with Crippen molar-refractivity contribution in [1.82, 2.24) is 9.97 Å². The van der Waals surface area contributed by atoms with Gasteiger partial charge in [0.1, 0.15) is 12.0 Å². The summed E-state index contributed by atoms with van der Waals surface area (Å²) in [7, 11) is 0. The second-order valence-electron chi connectivity index (χ2n) is 4.33. The highest BCUT2D eigenvalue weighted by Gasteiger charge is 2.10. The monoisotopic (exact) mass is 336 g/mol. The number of halogens is 1. The normalized spacial score (nSPS) is 10.3. The van der Waals surface area contributed by atoms with E-state index in [0.29, 0.717) is 24.0 Å². The first kappa shape index (κ1) is 14.6. The zero-order chi connectivity index (χ0) is 14.5. The maximum Gasteiger partial charge on any atom is 0.242 e. The Kier molecular flexibility index (Phi) is 4.79. The van der Waals surface area contributed by atoms with Gasteiger partial charge in [0.2, 0.25) is 5.88 Å². The van der Waals surface area contributed by atoms with E-state index in [0.717, 1.165) is 22.1 Å². The highest BCUT2D eigenvalue weighted by atomic mass is 79.9. The van der Waals surface area contributed by atoms with Crippen molar-refractivity contribution < 1.29 is 4.74 Å². The van der Waals surface area contributed by atoms with E-state index in [1.807, 2.05) is 32.0 Å². The fourth-order valence-electron chi connectivity index (χ4n) is 1.66. The van der Waals surface area contributed by atoms with Crippen LogP contribution in [0, 0.1) is 6.92 Å². The van der Waals surface area contributed by atoms with Crippen LogP contribution in [0.25, 0.3) is 0 Å². The molecule has 106 valence electrons. The lowest BCUT2D eigenvalue weighted by Gasteiger charge is -2.13. The van der Waals surface area contributed by atoms with Gasteiger partial charge in [0.15, 0.2) is 5.82 Å². The molecule has 0 bridgehead atoms. The van der Waals surface area contributed by atoms with Gasteiger partial charge in [0, 0.05) is 10.2 Å². The van der Waals surface area contributed by atoms with Crippen molar-refractivity contribution in [2.24, 2.45) is 0 Å². The summed E-state index contributed by atoms with van der Waals surface area (Å²) in [5.74, 6) is 0.962. The second kappa shape index (κ2) is 6.56. The molecule has 2 aromatic rings. The van der Waals surface area contributed by atoms with E-state index in [1.54, 1.807) is 0 Å². The molecule has 0 aliphatic heterocycles. The molecular weight excluding hydrogens is 320 g/mol. The van der Waals surface area contributed by atoms with Crippen LogP contribution < -0.4 is 15.8 Å². The molecule has 0 atom stereocenters. The summed E-state index contributed by atoms with van der Waals surface area (Å²) in [6, 6.07) is 5.90. The lowest BCUT2D eigenvalue weighted by Crippen LogP contribution is -2.06. The Hall–Kier alpha value is -1.82. The minimum atomic E-state index is 0.414. The average molecular weight is 337 g/mol. The zero-order valence-corrected chi connectivity index (χ0v) is 13.1. The second-order valence-corrected chi connectivity index (χ2v) is 5.18. The van der Waals surface area contributed by atoms with E-state index in [-0.39, 0.29) is 0 Å². The number of rotatable bonds is 5. The van der Waals surface area contributed by atoms with Gasteiger partial charge >= 0.3 is 0 Å². The van der Waals surface area contributed by atoms with Crippen LogP contribution in [0.1, 0.15) is 18.9 Å². The summed E-state index contributed by atoms with van der Waals surface area (Å²) in [5.41, 5.74) is 8.47. The number of hydrogen-bond acceptors (Lipinski definition) is 5. The molecule has 5 nitrogen and oxygen atoms in total. The van der Waals surface area contributed by atoms with Crippen molar-refractivity contribution >= 4 is 33.1 Å². The molecule has 1 aromatic heterocycles. The van der Waals surface area contributed by atoms with Crippen LogP contribution in [0.15, 0.2) is 29.0 Å². The molecule has 0 saturated heterocycles. The molecule has 6 heteroatoms. The number of nitrogens with one attached hydrogen (secondary N) is 1. The van der Waals surface area contributed by atoms with Crippen molar-refractivity contribution in [2.75, 3.05) is 17.7 Å².